The fourth-order valence-electron chi connectivity index (χ4n) is 5.85. The fraction of sp³-hybridized carbons (Fsp3) is 0.457. The number of ether oxygens (including phenoxy) is 1. The number of aromatic nitrogens is 1. The van der Waals surface area contributed by atoms with Crippen LogP contribution in [0.4, 0.5) is 4.79 Å². The van der Waals surface area contributed by atoms with Crippen LogP contribution in [0.2, 0.25) is 0 Å². The van der Waals surface area contributed by atoms with Crippen LogP contribution in [0.1, 0.15) is 64.3 Å². The number of aryl methyl sites for hydroxylation is 1. The summed E-state index contributed by atoms with van der Waals surface area (Å²) in [6.45, 7) is 8.78. The van der Waals surface area contributed by atoms with Crippen LogP contribution in [-0.2, 0) is 43.4 Å². The number of fused-ring (bicyclic) bond motifs is 3. The molecule has 5 atom stereocenters. The molecule has 0 unspecified atom stereocenters. The molecule has 252 valence electrons. The van der Waals surface area contributed by atoms with Gasteiger partial charge in [-0.05, 0) is 48.8 Å². The second-order valence-corrected chi connectivity index (χ2v) is 12.8. The monoisotopic (exact) mass is 646 g/mol. The minimum absolute atomic E-state index is 0.0320. The predicted molar refractivity (Wildman–Crippen MR) is 178 cm³/mol. The molecule has 1 aromatic heterocycles. The molecule has 1 aliphatic rings. The number of primary amides is 1. The van der Waals surface area contributed by atoms with E-state index in [1.54, 1.807) is 13.8 Å². The van der Waals surface area contributed by atoms with Gasteiger partial charge in [-0.2, -0.15) is 0 Å². The summed E-state index contributed by atoms with van der Waals surface area (Å²) in [4.78, 5) is 69.7. The van der Waals surface area contributed by atoms with Gasteiger partial charge in [-0.3, -0.25) is 19.2 Å². The van der Waals surface area contributed by atoms with E-state index in [4.69, 9.17) is 10.5 Å². The Hall–Kier alpha value is -4.87. The number of para-hydroxylation sites is 1. The second-order valence-electron chi connectivity index (χ2n) is 12.8. The summed E-state index contributed by atoms with van der Waals surface area (Å²) in [5.41, 5.74) is 7.47. The lowest BCUT2D eigenvalue weighted by molar-refractivity contribution is -0.138. The van der Waals surface area contributed by atoms with Gasteiger partial charge in [0, 0.05) is 23.0 Å². The lowest BCUT2D eigenvalue weighted by Gasteiger charge is -2.39. The molecule has 12 nitrogen and oxygen atoms in total. The summed E-state index contributed by atoms with van der Waals surface area (Å²) in [5, 5.41) is 12.1. The zero-order chi connectivity index (χ0) is 34.3. The van der Waals surface area contributed by atoms with Crippen LogP contribution in [0.5, 0.6) is 0 Å². The van der Waals surface area contributed by atoms with Crippen LogP contribution in [0, 0.1) is 11.8 Å². The maximum Gasteiger partial charge on any atom is 0.408 e. The number of carbonyl (C=O) groups is 5. The number of benzene rings is 2. The topological polar surface area (TPSA) is 185 Å². The number of rotatable bonds is 13. The van der Waals surface area contributed by atoms with Gasteiger partial charge in [-0.1, -0.05) is 82.6 Å². The Morgan fingerprint density at radius 2 is 1.57 bits per heavy atom. The van der Waals surface area contributed by atoms with Crippen molar-refractivity contribution in [2.75, 3.05) is 0 Å². The van der Waals surface area contributed by atoms with E-state index < -0.39 is 53.4 Å². The van der Waals surface area contributed by atoms with Crippen molar-refractivity contribution in [1.82, 2.24) is 26.3 Å². The molecule has 4 rings (SSSR count). The first-order valence-corrected chi connectivity index (χ1v) is 16.1. The highest BCUT2D eigenvalue weighted by Gasteiger charge is 2.46. The maximum atomic E-state index is 14.4. The summed E-state index contributed by atoms with van der Waals surface area (Å²) < 4.78 is 5.41. The quantitative estimate of drug-likeness (QED) is 0.166. The van der Waals surface area contributed by atoms with Gasteiger partial charge < -0.3 is 36.7 Å². The largest absolute Gasteiger partial charge is 0.445 e. The highest BCUT2D eigenvalue weighted by atomic mass is 16.5. The third-order valence-electron chi connectivity index (χ3n) is 8.98. The van der Waals surface area contributed by atoms with Crippen molar-refractivity contribution in [3.8, 4) is 0 Å². The Balaban J connectivity index is 1.63. The third-order valence-corrected chi connectivity index (χ3v) is 8.98. The molecular weight excluding hydrogens is 600 g/mol. The second kappa shape index (κ2) is 15.1. The zero-order valence-electron chi connectivity index (χ0n) is 27.6. The number of alkyl carbamates (subject to hydrolysis) is 1. The average molecular weight is 647 g/mol. The van der Waals surface area contributed by atoms with Gasteiger partial charge in [0.25, 0.3) is 0 Å². The molecule has 5 amide bonds. The third kappa shape index (κ3) is 8.30. The normalized spacial score (nSPS) is 18.3. The first kappa shape index (κ1) is 35.0. The number of carbonyl (C=O) groups excluding carboxylic acids is 5. The molecule has 0 bridgehead atoms. The average Bonchev–Trinajstić information content (AvgIpc) is 3.42. The highest BCUT2D eigenvalue weighted by molar-refractivity contribution is 5.98. The molecule has 1 heterocycles. The fourth-order valence-corrected chi connectivity index (χ4v) is 5.85. The Kier molecular flexibility index (Phi) is 11.3. The maximum absolute atomic E-state index is 14.4. The lowest BCUT2D eigenvalue weighted by atomic mass is 9.78. The molecule has 0 saturated heterocycles. The molecule has 47 heavy (non-hydrogen) atoms. The number of hydrogen-bond acceptors (Lipinski definition) is 6. The van der Waals surface area contributed by atoms with Crippen molar-refractivity contribution < 1.29 is 28.7 Å². The van der Waals surface area contributed by atoms with E-state index in [-0.39, 0.29) is 31.3 Å². The number of amides is 5. The Bertz CT molecular complexity index is 1600. The Morgan fingerprint density at radius 3 is 2.23 bits per heavy atom. The number of nitrogens with two attached hydrogens (primary N) is 1. The van der Waals surface area contributed by atoms with E-state index in [9.17, 15) is 24.0 Å². The van der Waals surface area contributed by atoms with E-state index in [1.807, 2.05) is 68.4 Å². The molecule has 3 aromatic rings. The van der Waals surface area contributed by atoms with Crippen LogP contribution >= 0.6 is 0 Å². The summed E-state index contributed by atoms with van der Waals surface area (Å²) in [5.74, 6) is -3.01. The van der Waals surface area contributed by atoms with E-state index >= 15 is 0 Å². The van der Waals surface area contributed by atoms with Gasteiger partial charge in [0.05, 0.1) is 0 Å². The van der Waals surface area contributed by atoms with Crippen molar-refractivity contribution in [2.24, 2.45) is 17.6 Å². The van der Waals surface area contributed by atoms with Crippen molar-refractivity contribution in [2.45, 2.75) is 90.6 Å². The first-order chi connectivity index (χ1) is 22.3. The molecule has 0 aliphatic heterocycles. The SMILES string of the molecule is CC[C@H](C)[C@H](NC(=O)OCc1ccccc1)C(=O)N[C@@]1(C(=O)N[C@H](C(=O)N[C@@H](C)C(N)=O)C(C)C)CCc2[nH]c3ccccc3c2C1. The molecule has 0 saturated carbocycles. The zero-order valence-corrected chi connectivity index (χ0v) is 27.6. The predicted octanol–water partition coefficient (Wildman–Crippen LogP) is 2.98. The summed E-state index contributed by atoms with van der Waals surface area (Å²) >= 11 is 0. The molecular formula is C35H46N6O6. The van der Waals surface area contributed by atoms with Crippen LogP contribution in [-0.4, -0.2) is 58.4 Å². The Labute approximate surface area is 274 Å². The van der Waals surface area contributed by atoms with Crippen molar-refractivity contribution in [3.05, 3.63) is 71.4 Å². The van der Waals surface area contributed by atoms with Gasteiger partial charge in [-0.25, -0.2) is 4.79 Å². The van der Waals surface area contributed by atoms with Crippen LogP contribution in [0.25, 0.3) is 10.9 Å². The van der Waals surface area contributed by atoms with Gasteiger partial charge in [-0.15, -0.1) is 0 Å². The molecule has 0 spiro atoms. The first-order valence-electron chi connectivity index (χ1n) is 16.1. The van der Waals surface area contributed by atoms with Crippen molar-refractivity contribution >= 4 is 40.6 Å². The van der Waals surface area contributed by atoms with Crippen LogP contribution in [0.15, 0.2) is 54.6 Å². The van der Waals surface area contributed by atoms with Gasteiger partial charge in [0.15, 0.2) is 0 Å². The molecule has 12 heteroatoms. The lowest BCUT2D eigenvalue weighted by Crippen LogP contribution is -2.67. The molecule has 7 N–H and O–H groups in total. The van der Waals surface area contributed by atoms with Crippen LogP contribution in [0.3, 0.4) is 0 Å². The molecule has 1 aliphatic carbocycles. The summed E-state index contributed by atoms with van der Waals surface area (Å²) in [6.07, 6.45) is 0.654. The standard InChI is InChI=1S/C35H46N6O6/c1-6-21(4)29(40-34(46)47-19-23-12-8-7-9-13-23)32(44)41-35(17-16-27-25(18-35)24-14-10-11-15-26(24)38-27)33(45)39-28(20(2)3)31(43)37-22(5)30(36)42/h7-15,20-22,28-29,38H,6,16-19H2,1-5H3,(H2,36,42)(H,37,43)(H,39,45)(H,40,46)(H,41,44)/t21-,22-,28-,29-,35-/m0/s1. The number of nitrogens with one attached hydrogen (secondary N) is 5. The summed E-state index contributed by atoms with van der Waals surface area (Å²) in [7, 11) is 0. The van der Waals surface area contributed by atoms with E-state index in [2.05, 4.69) is 26.3 Å². The van der Waals surface area contributed by atoms with Gasteiger partial charge in [0.1, 0.15) is 30.3 Å². The van der Waals surface area contributed by atoms with Crippen LogP contribution < -0.4 is 27.0 Å². The summed E-state index contributed by atoms with van der Waals surface area (Å²) in [6, 6.07) is 14.0. The molecule has 0 fully saturated rings. The number of hydrogen-bond donors (Lipinski definition) is 6. The number of aromatic amines is 1. The highest BCUT2D eigenvalue weighted by Crippen LogP contribution is 2.35. The smallest absolute Gasteiger partial charge is 0.408 e. The minimum atomic E-state index is -1.46. The van der Waals surface area contributed by atoms with Gasteiger partial charge in [0.2, 0.25) is 23.6 Å². The van der Waals surface area contributed by atoms with E-state index in [0.717, 1.165) is 27.7 Å². The van der Waals surface area contributed by atoms with Crippen molar-refractivity contribution in [1.29, 1.82) is 0 Å². The molecule has 2 aromatic carbocycles. The van der Waals surface area contributed by atoms with Crippen molar-refractivity contribution in [3.63, 3.8) is 0 Å². The Morgan fingerprint density at radius 1 is 0.894 bits per heavy atom. The molecule has 0 radical (unpaired) electrons. The van der Waals surface area contributed by atoms with E-state index in [0.29, 0.717) is 12.8 Å². The van der Waals surface area contributed by atoms with E-state index in [1.165, 1.54) is 6.92 Å². The minimum Gasteiger partial charge on any atom is -0.445 e. The van der Waals surface area contributed by atoms with Gasteiger partial charge >= 0.3 is 6.09 Å². The number of H-pyrrole nitrogens is 1.